The maximum atomic E-state index is 13.6. The van der Waals surface area contributed by atoms with E-state index in [4.69, 9.17) is 9.47 Å². The number of halogens is 1. The zero-order chi connectivity index (χ0) is 19.2. The Labute approximate surface area is 159 Å². The summed E-state index contributed by atoms with van der Waals surface area (Å²) in [6, 6.07) is 11.9. The van der Waals surface area contributed by atoms with Gasteiger partial charge in [-0.15, -0.1) is 0 Å². The first-order valence-corrected chi connectivity index (χ1v) is 9.15. The fraction of sp³-hybridized carbons (Fsp3) is 0.381. The summed E-state index contributed by atoms with van der Waals surface area (Å²) in [6.45, 7) is 1.46. The Kier molecular flexibility index (Phi) is 6.29. The third kappa shape index (κ3) is 4.98. The predicted molar refractivity (Wildman–Crippen MR) is 104 cm³/mol. The van der Waals surface area contributed by atoms with Crippen LogP contribution in [0.4, 0.5) is 14.9 Å². The second-order valence-corrected chi connectivity index (χ2v) is 6.75. The molecule has 1 unspecified atom stereocenters. The van der Waals surface area contributed by atoms with Gasteiger partial charge in [0.05, 0.1) is 19.4 Å². The van der Waals surface area contributed by atoms with Crippen LogP contribution in [0.3, 0.4) is 0 Å². The molecule has 1 saturated heterocycles. The Bertz CT molecular complexity index is 797. The van der Waals surface area contributed by atoms with Gasteiger partial charge in [-0.1, -0.05) is 12.1 Å². The zero-order valence-electron chi connectivity index (χ0n) is 15.7. The van der Waals surface area contributed by atoms with Crippen LogP contribution in [0, 0.1) is 5.82 Å². The van der Waals surface area contributed by atoms with E-state index in [1.165, 1.54) is 18.6 Å². The van der Waals surface area contributed by atoms with E-state index in [-0.39, 0.29) is 5.82 Å². The molecule has 1 aliphatic heterocycles. The van der Waals surface area contributed by atoms with E-state index in [1.54, 1.807) is 37.4 Å². The van der Waals surface area contributed by atoms with Crippen LogP contribution in [0.1, 0.15) is 19.3 Å². The molecule has 6 heteroatoms. The van der Waals surface area contributed by atoms with Crippen molar-refractivity contribution in [1.82, 2.24) is 4.90 Å². The lowest BCUT2D eigenvalue weighted by molar-refractivity contribution is 0.147. The number of carbonyl (C=O) groups excluding carboxylic acids is 1. The van der Waals surface area contributed by atoms with Gasteiger partial charge in [0.2, 0.25) is 0 Å². The van der Waals surface area contributed by atoms with E-state index >= 15 is 0 Å². The summed E-state index contributed by atoms with van der Waals surface area (Å²) in [5.74, 6) is 0.280. The lowest BCUT2D eigenvalue weighted by Crippen LogP contribution is -2.27. The molecule has 0 spiro atoms. The van der Waals surface area contributed by atoms with E-state index in [0.717, 1.165) is 19.4 Å². The van der Waals surface area contributed by atoms with E-state index in [1.807, 2.05) is 0 Å². The molecule has 1 fully saturated rings. The van der Waals surface area contributed by atoms with E-state index in [2.05, 4.69) is 17.3 Å². The average Bonchev–Trinajstić information content (AvgIpc) is 3.07. The minimum absolute atomic E-state index is 0.343. The third-order valence-corrected chi connectivity index (χ3v) is 4.95. The molecule has 27 heavy (non-hydrogen) atoms. The number of ether oxygens (including phenoxy) is 2. The van der Waals surface area contributed by atoms with Gasteiger partial charge in [-0.25, -0.2) is 9.18 Å². The lowest BCUT2D eigenvalue weighted by atomic mass is 10.0. The van der Waals surface area contributed by atoms with Crippen LogP contribution in [0.2, 0.25) is 0 Å². The number of hydrogen-bond donors (Lipinski definition) is 1. The number of likely N-dealkylation sites (tertiary alicyclic amines) is 1. The van der Waals surface area contributed by atoms with Crippen molar-refractivity contribution in [1.29, 1.82) is 0 Å². The second kappa shape index (κ2) is 8.86. The molecule has 1 heterocycles. The summed E-state index contributed by atoms with van der Waals surface area (Å²) < 4.78 is 24.2. The molecule has 1 aliphatic rings. The zero-order valence-corrected chi connectivity index (χ0v) is 15.7. The number of nitrogens with one attached hydrogen (secondary N) is 1. The molecule has 2 aromatic carbocycles. The van der Waals surface area contributed by atoms with Crippen molar-refractivity contribution in [2.45, 2.75) is 25.3 Å². The summed E-state index contributed by atoms with van der Waals surface area (Å²) >= 11 is 0. The molecule has 1 atom stereocenters. The van der Waals surface area contributed by atoms with Gasteiger partial charge in [-0.3, -0.25) is 5.32 Å². The molecule has 0 radical (unpaired) electrons. The van der Waals surface area contributed by atoms with Crippen LogP contribution in [0.15, 0.2) is 42.5 Å². The van der Waals surface area contributed by atoms with Crippen LogP contribution in [0.25, 0.3) is 11.1 Å². The normalized spacial score (nSPS) is 16.9. The van der Waals surface area contributed by atoms with Crippen molar-refractivity contribution >= 4 is 11.8 Å². The Morgan fingerprint density at radius 1 is 1.30 bits per heavy atom. The summed E-state index contributed by atoms with van der Waals surface area (Å²) in [5, 5.41) is 2.76. The van der Waals surface area contributed by atoms with Gasteiger partial charge in [-0.05, 0) is 68.8 Å². The minimum Gasteiger partial charge on any atom is -0.497 e. The Balaban J connectivity index is 1.67. The monoisotopic (exact) mass is 372 g/mol. The largest absolute Gasteiger partial charge is 0.497 e. The average molecular weight is 372 g/mol. The highest BCUT2D eigenvalue weighted by molar-refractivity contribution is 5.92. The Morgan fingerprint density at radius 3 is 2.85 bits per heavy atom. The smallest absolute Gasteiger partial charge is 0.411 e. The number of hydrogen-bond acceptors (Lipinski definition) is 4. The van der Waals surface area contributed by atoms with E-state index in [0.29, 0.717) is 35.2 Å². The Morgan fingerprint density at radius 2 is 2.15 bits per heavy atom. The number of methoxy groups -OCH3 is 1. The molecule has 1 amide bonds. The van der Waals surface area contributed by atoms with Gasteiger partial charge in [-0.2, -0.15) is 0 Å². The van der Waals surface area contributed by atoms with Crippen molar-refractivity contribution in [3.8, 4) is 16.9 Å². The molecular formula is C21H25FN2O3. The topological polar surface area (TPSA) is 50.8 Å². The molecule has 5 nitrogen and oxygen atoms in total. The lowest BCUT2D eigenvalue weighted by Gasteiger charge is -2.19. The van der Waals surface area contributed by atoms with Crippen molar-refractivity contribution in [3.63, 3.8) is 0 Å². The SMILES string of the molecule is COc1ccc(NC(=O)OCCC2CCCN2C)c(-c2cccc(F)c2)c1. The van der Waals surface area contributed by atoms with Crippen molar-refractivity contribution in [2.75, 3.05) is 32.6 Å². The van der Waals surface area contributed by atoms with Crippen LogP contribution in [-0.2, 0) is 4.74 Å². The minimum atomic E-state index is -0.515. The number of amides is 1. The molecule has 2 aromatic rings. The van der Waals surface area contributed by atoms with Gasteiger partial charge in [0.15, 0.2) is 0 Å². The van der Waals surface area contributed by atoms with Crippen LogP contribution in [-0.4, -0.2) is 44.3 Å². The molecule has 0 aromatic heterocycles. The van der Waals surface area contributed by atoms with Gasteiger partial charge < -0.3 is 14.4 Å². The quantitative estimate of drug-likeness (QED) is 0.809. The molecule has 144 valence electrons. The van der Waals surface area contributed by atoms with Crippen LogP contribution in [0.5, 0.6) is 5.75 Å². The number of carbonyl (C=O) groups is 1. The maximum absolute atomic E-state index is 13.6. The maximum Gasteiger partial charge on any atom is 0.411 e. The highest BCUT2D eigenvalue weighted by atomic mass is 19.1. The summed E-state index contributed by atoms with van der Waals surface area (Å²) in [6.07, 6.45) is 2.64. The second-order valence-electron chi connectivity index (χ2n) is 6.75. The van der Waals surface area contributed by atoms with Gasteiger partial charge in [0.1, 0.15) is 11.6 Å². The number of rotatable bonds is 6. The third-order valence-electron chi connectivity index (χ3n) is 4.95. The van der Waals surface area contributed by atoms with Gasteiger partial charge in [0, 0.05) is 11.6 Å². The predicted octanol–water partition coefficient (Wildman–Crippen LogP) is 4.53. The number of benzene rings is 2. The summed E-state index contributed by atoms with van der Waals surface area (Å²) in [7, 11) is 3.66. The van der Waals surface area contributed by atoms with Crippen molar-refractivity contribution in [2.24, 2.45) is 0 Å². The molecule has 0 saturated carbocycles. The number of anilines is 1. The van der Waals surface area contributed by atoms with Crippen molar-refractivity contribution in [3.05, 3.63) is 48.3 Å². The van der Waals surface area contributed by atoms with E-state index < -0.39 is 6.09 Å². The van der Waals surface area contributed by atoms with Gasteiger partial charge >= 0.3 is 6.09 Å². The first-order valence-electron chi connectivity index (χ1n) is 9.15. The molecule has 0 aliphatic carbocycles. The standard InChI is InChI=1S/C21H25FN2O3/c1-24-11-4-7-17(24)10-12-27-21(25)23-20-9-8-18(26-2)14-19(20)15-5-3-6-16(22)13-15/h3,5-6,8-9,13-14,17H,4,7,10-12H2,1-2H3,(H,23,25). The van der Waals surface area contributed by atoms with Crippen LogP contribution < -0.4 is 10.1 Å². The Hall–Kier alpha value is -2.60. The summed E-state index contributed by atoms with van der Waals surface area (Å²) in [4.78, 5) is 14.5. The first-order chi connectivity index (χ1) is 13.1. The highest BCUT2D eigenvalue weighted by Gasteiger charge is 2.21. The van der Waals surface area contributed by atoms with Crippen LogP contribution >= 0.6 is 0 Å². The summed E-state index contributed by atoms with van der Waals surface area (Å²) in [5.41, 5.74) is 1.86. The molecule has 3 rings (SSSR count). The van der Waals surface area contributed by atoms with E-state index in [9.17, 15) is 9.18 Å². The van der Waals surface area contributed by atoms with Gasteiger partial charge in [0.25, 0.3) is 0 Å². The van der Waals surface area contributed by atoms with Crippen molar-refractivity contribution < 1.29 is 18.7 Å². The fourth-order valence-electron chi connectivity index (χ4n) is 3.43. The number of nitrogens with zero attached hydrogens (tertiary/aromatic N) is 1. The molecule has 0 bridgehead atoms. The molecular weight excluding hydrogens is 347 g/mol. The molecule has 1 N–H and O–H groups in total. The first kappa shape index (κ1) is 19.2. The fourth-order valence-corrected chi connectivity index (χ4v) is 3.43. The highest BCUT2D eigenvalue weighted by Crippen LogP contribution is 2.32.